The second-order valence-electron chi connectivity index (χ2n) is 0.408. The monoisotopic (exact) mass is 190 g/mol. The van der Waals surface area contributed by atoms with Crippen LogP contribution < -0.4 is 8.32 Å². The average Bonchev–Trinajstić information content (AvgIpc) is 0.722. The van der Waals surface area contributed by atoms with Crippen molar-refractivity contribution in [3.05, 3.63) is 0 Å². The van der Waals surface area contributed by atoms with E-state index in [4.69, 9.17) is 15.9 Å². The van der Waals surface area contributed by atoms with Gasteiger partial charge in [-0.25, -0.2) is 0 Å². The van der Waals surface area contributed by atoms with Crippen molar-refractivity contribution < 1.29 is 29.5 Å². The van der Waals surface area contributed by atoms with E-state index in [2.05, 4.69) is 0 Å². The molecule has 0 N–H and O–H groups in total. The van der Waals surface area contributed by atoms with Crippen LogP contribution in [0.2, 0.25) is 0 Å². The normalized spacial score (nSPS) is 9.67. The first-order valence-electron chi connectivity index (χ1n) is 0.667. The van der Waals surface area contributed by atoms with Crippen LogP contribution in [0, 0.1) is 0 Å². The third kappa shape index (κ3) is 168. The Morgan fingerprint density at radius 3 is 1.17 bits per heavy atom. The Kier molecular flexibility index (Phi) is 4.43. The second-order valence-corrected chi connectivity index (χ2v) is 1.68. The fourth-order valence-electron chi connectivity index (χ4n) is 0. The first kappa shape index (κ1) is 9.78. The predicted octanol–water partition coefficient (Wildman–Crippen LogP) is -3.00. The zero-order valence-corrected chi connectivity index (χ0v) is 5.91. The summed E-state index contributed by atoms with van der Waals surface area (Å²) in [6, 6.07) is 0. The summed E-state index contributed by atoms with van der Waals surface area (Å²) in [5.41, 5.74) is 0. The molecule has 0 fully saturated rings. The number of hydrogen-bond acceptors (Lipinski definition) is 4. The summed E-state index contributed by atoms with van der Waals surface area (Å²) in [5, 5.41) is 0. The quantitative estimate of drug-likeness (QED) is 0.380. The van der Waals surface area contributed by atoms with Gasteiger partial charge in [0.1, 0.15) is 0 Å². The van der Waals surface area contributed by atoms with Crippen LogP contribution >= 0.6 is 0 Å². The van der Waals surface area contributed by atoms with Crippen LogP contribution in [0.25, 0.3) is 0 Å². The number of hydrogen-bond donors (Lipinski definition) is 0. The van der Waals surface area contributed by atoms with E-state index in [-0.39, 0.29) is 17.6 Å². The molecular weight excluding hydrogens is 189 g/mol. The average molecular weight is 189 g/mol. The minimum atomic E-state index is -5.75. The van der Waals surface area contributed by atoms with Gasteiger partial charge in [-0.3, -0.25) is 0 Å². The van der Waals surface area contributed by atoms with Gasteiger partial charge in [0.05, 0.1) is 0 Å². The summed E-state index contributed by atoms with van der Waals surface area (Å²) < 4.78 is 34.4. The van der Waals surface area contributed by atoms with Gasteiger partial charge in [-0.15, -0.1) is 0 Å². The summed E-state index contributed by atoms with van der Waals surface area (Å²) >= 11 is -5.75. The molecule has 0 amide bonds. The van der Waals surface area contributed by atoms with E-state index >= 15 is 0 Å². The van der Waals surface area contributed by atoms with Crippen molar-refractivity contribution in [2.24, 2.45) is 0 Å². The molecule has 6 heavy (non-hydrogen) atoms. The van der Waals surface area contributed by atoms with Gasteiger partial charge in [0.15, 0.2) is 0 Å². The summed E-state index contributed by atoms with van der Waals surface area (Å²) in [6.45, 7) is 0. The third-order valence-corrected chi connectivity index (χ3v) is 0. The molecule has 0 bridgehead atoms. The first-order chi connectivity index (χ1) is 2.00. The molecular formula is CrGeO4-2. The molecule has 0 rings (SSSR count). The molecule has 0 aromatic rings. The molecule has 0 saturated carbocycles. The predicted molar refractivity (Wildman–Crippen MR) is 7.13 cm³/mol. The summed E-state index contributed by atoms with van der Waals surface area (Å²) in [4.78, 5) is 0. The van der Waals surface area contributed by atoms with E-state index in [1.54, 1.807) is 0 Å². The van der Waals surface area contributed by atoms with Crippen molar-refractivity contribution in [3.63, 3.8) is 0 Å². The van der Waals surface area contributed by atoms with Crippen LogP contribution in [-0.4, -0.2) is 17.6 Å². The van der Waals surface area contributed by atoms with Gasteiger partial charge in [0.2, 0.25) is 0 Å². The van der Waals surface area contributed by atoms with E-state index in [0.717, 1.165) is 0 Å². The Balaban J connectivity index is 0. The summed E-state index contributed by atoms with van der Waals surface area (Å²) in [5.74, 6) is 0. The third-order valence-electron chi connectivity index (χ3n) is 0. The Bertz CT molecular complexity index is 90.7. The van der Waals surface area contributed by atoms with Gasteiger partial charge in [-0.1, -0.05) is 0 Å². The number of rotatable bonds is 0. The van der Waals surface area contributed by atoms with Gasteiger partial charge in [-0.2, -0.15) is 0 Å². The van der Waals surface area contributed by atoms with Crippen LogP contribution in [0.3, 0.4) is 0 Å². The van der Waals surface area contributed by atoms with E-state index < -0.39 is 13.6 Å². The maximum absolute atomic E-state index is 8.59. The zero-order chi connectivity index (χ0) is 4.50. The standard InChI is InChI=1S/Cr.Ge.4O/q;;;;2*-1. The van der Waals surface area contributed by atoms with Crippen LogP contribution in [0.5, 0.6) is 0 Å². The summed E-state index contributed by atoms with van der Waals surface area (Å²) in [7, 11) is 0. The van der Waals surface area contributed by atoms with Gasteiger partial charge >= 0.3 is 29.5 Å². The van der Waals surface area contributed by atoms with Crippen molar-refractivity contribution in [1.29, 1.82) is 0 Å². The van der Waals surface area contributed by atoms with Gasteiger partial charge in [0.25, 0.3) is 0 Å². The van der Waals surface area contributed by atoms with Gasteiger partial charge < -0.3 is 0 Å². The first-order valence-corrected chi connectivity index (χ1v) is 2.75. The molecule has 4 nitrogen and oxygen atoms in total. The molecule has 4 radical (unpaired) electrons. The van der Waals surface area contributed by atoms with Crippen molar-refractivity contribution in [2.75, 3.05) is 0 Å². The van der Waals surface area contributed by atoms with Crippen molar-refractivity contribution in [1.82, 2.24) is 0 Å². The fraction of sp³-hybridized carbons (Fsp3) is 0. The molecule has 6 heteroatoms. The minimum absolute atomic E-state index is 0. The molecule has 36 valence electrons. The second kappa shape index (κ2) is 2.72. The Morgan fingerprint density at radius 2 is 1.17 bits per heavy atom. The van der Waals surface area contributed by atoms with E-state index in [9.17, 15) is 0 Å². The van der Waals surface area contributed by atoms with E-state index in [1.807, 2.05) is 0 Å². The molecule has 0 aliphatic rings. The van der Waals surface area contributed by atoms with E-state index in [0.29, 0.717) is 0 Å². The molecule has 0 heterocycles. The fourth-order valence-corrected chi connectivity index (χ4v) is 0. The molecule has 0 aromatic carbocycles. The van der Waals surface area contributed by atoms with Crippen LogP contribution in [0.15, 0.2) is 0 Å². The molecule has 0 atom stereocenters. The summed E-state index contributed by atoms with van der Waals surface area (Å²) in [6.07, 6.45) is 0. The van der Waals surface area contributed by atoms with Crippen molar-refractivity contribution >= 4 is 17.6 Å². The molecule has 0 aliphatic heterocycles. The Labute approximate surface area is 47.5 Å². The van der Waals surface area contributed by atoms with E-state index in [1.165, 1.54) is 0 Å². The topological polar surface area (TPSA) is 80.3 Å². The van der Waals surface area contributed by atoms with Crippen LogP contribution in [0.4, 0.5) is 0 Å². The molecule has 0 aliphatic carbocycles. The Morgan fingerprint density at radius 1 is 1.17 bits per heavy atom. The van der Waals surface area contributed by atoms with Crippen LogP contribution in [0.1, 0.15) is 0 Å². The maximum atomic E-state index is 8.59. The molecule has 0 aromatic heterocycles. The van der Waals surface area contributed by atoms with Crippen LogP contribution in [-0.2, 0) is 21.2 Å². The van der Waals surface area contributed by atoms with Gasteiger partial charge in [0, 0.05) is 17.6 Å². The zero-order valence-electron chi connectivity index (χ0n) is 2.54. The molecule has 0 saturated heterocycles. The molecule has 0 unspecified atom stereocenters. The van der Waals surface area contributed by atoms with Crippen molar-refractivity contribution in [2.45, 2.75) is 0 Å². The molecule has 0 spiro atoms. The van der Waals surface area contributed by atoms with Gasteiger partial charge in [-0.05, 0) is 0 Å². The van der Waals surface area contributed by atoms with Crippen molar-refractivity contribution in [3.8, 4) is 0 Å². The SMILES string of the molecule is [Ge].[O]=[Cr](=[O])([O-])[O-]. The Hall–Kier alpha value is 0.595.